The molecule has 1 aromatic carbocycles. The Morgan fingerprint density at radius 1 is 1.18 bits per heavy atom. The first kappa shape index (κ1) is 17.7. The van der Waals surface area contributed by atoms with E-state index in [4.69, 9.17) is 4.74 Å². The molecule has 8 nitrogen and oxygen atoms in total. The molecule has 4 rings (SSSR count). The normalized spacial score (nSPS) is 10.9. The zero-order valence-electron chi connectivity index (χ0n) is 15.6. The molecule has 28 heavy (non-hydrogen) atoms. The largest absolute Gasteiger partial charge is 0.504 e. The topological polar surface area (TPSA) is 98.0 Å². The van der Waals surface area contributed by atoms with Gasteiger partial charge in [0, 0.05) is 31.5 Å². The Labute approximate surface area is 161 Å². The van der Waals surface area contributed by atoms with E-state index in [0.29, 0.717) is 24.5 Å². The Morgan fingerprint density at radius 3 is 2.82 bits per heavy atom. The summed E-state index contributed by atoms with van der Waals surface area (Å²) in [4.78, 5) is 13.4. The van der Waals surface area contributed by atoms with Gasteiger partial charge in [-0.25, -0.2) is 9.97 Å². The van der Waals surface area contributed by atoms with Crippen LogP contribution in [0.1, 0.15) is 5.56 Å². The summed E-state index contributed by atoms with van der Waals surface area (Å²) >= 11 is 0. The highest BCUT2D eigenvalue weighted by molar-refractivity contribution is 5.88. The van der Waals surface area contributed by atoms with Gasteiger partial charge in [0.05, 0.1) is 18.7 Å². The lowest BCUT2D eigenvalue weighted by Gasteiger charge is -2.10. The Bertz CT molecular complexity index is 1110. The summed E-state index contributed by atoms with van der Waals surface area (Å²) in [5.74, 6) is 1.91. The number of anilines is 1. The van der Waals surface area contributed by atoms with E-state index in [1.165, 1.54) is 7.11 Å². The van der Waals surface area contributed by atoms with Gasteiger partial charge in [0.1, 0.15) is 5.82 Å². The van der Waals surface area contributed by atoms with Gasteiger partial charge in [-0.15, -0.1) is 0 Å². The third-order valence-electron chi connectivity index (χ3n) is 4.46. The molecule has 0 unspecified atom stereocenters. The molecule has 0 radical (unpaired) electrons. The second kappa shape index (κ2) is 7.51. The first-order valence-electron chi connectivity index (χ1n) is 8.85. The van der Waals surface area contributed by atoms with E-state index in [0.717, 1.165) is 28.0 Å². The third-order valence-corrected chi connectivity index (χ3v) is 4.46. The SMILES string of the molecule is COc1ccc(CCNc2nc(-c3cccnc3)nc3c2cnn3C)cc1O. The van der Waals surface area contributed by atoms with Crippen molar-refractivity contribution in [1.29, 1.82) is 0 Å². The minimum atomic E-state index is 0.135. The van der Waals surface area contributed by atoms with Gasteiger partial charge in [0.15, 0.2) is 23.0 Å². The van der Waals surface area contributed by atoms with Crippen LogP contribution >= 0.6 is 0 Å². The number of rotatable bonds is 6. The fourth-order valence-corrected chi connectivity index (χ4v) is 3.00. The van der Waals surface area contributed by atoms with Crippen molar-refractivity contribution >= 4 is 16.9 Å². The minimum absolute atomic E-state index is 0.135. The maximum atomic E-state index is 9.93. The number of phenols is 1. The number of nitrogens with one attached hydrogen (secondary N) is 1. The van der Waals surface area contributed by atoms with Crippen LogP contribution in [0.5, 0.6) is 11.5 Å². The van der Waals surface area contributed by atoms with Gasteiger partial charge in [-0.1, -0.05) is 6.07 Å². The van der Waals surface area contributed by atoms with Crippen molar-refractivity contribution in [3.05, 3.63) is 54.5 Å². The van der Waals surface area contributed by atoms with Gasteiger partial charge in [-0.2, -0.15) is 5.10 Å². The minimum Gasteiger partial charge on any atom is -0.504 e. The number of methoxy groups -OCH3 is 1. The molecular weight excluding hydrogens is 356 g/mol. The molecule has 142 valence electrons. The molecule has 0 aliphatic carbocycles. The Balaban J connectivity index is 1.58. The van der Waals surface area contributed by atoms with E-state index in [2.05, 4.69) is 25.4 Å². The number of pyridine rings is 1. The second-order valence-electron chi connectivity index (χ2n) is 6.33. The Morgan fingerprint density at radius 2 is 2.07 bits per heavy atom. The number of fused-ring (bicyclic) bond motifs is 1. The molecule has 0 bridgehead atoms. The summed E-state index contributed by atoms with van der Waals surface area (Å²) in [6.07, 6.45) is 5.92. The van der Waals surface area contributed by atoms with Crippen LogP contribution in [0.25, 0.3) is 22.4 Å². The lowest BCUT2D eigenvalue weighted by Crippen LogP contribution is -2.08. The lowest BCUT2D eigenvalue weighted by atomic mass is 10.1. The average Bonchev–Trinajstić information content (AvgIpc) is 3.10. The van der Waals surface area contributed by atoms with E-state index < -0.39 is 0 Å². The van der Waals surface area contributed by atoms with Crippen LogP contribution in [0.15, 0.2) is 48.9 Å². The van der Waals surface area contributed by atoms with Crippen LogP contribution in [0.4, 0.5) is 5.82 Å². The van der Waals surface area contributed by atoms with Crippen LogP contribution in [-0.2, 0) is 13.5 Å². The number of hydrogen-bond acceptors (Lipinski definition) is 7. The molecule has 0 saturated carbocycles. The van der Waals surface area contributed by atoms with Crippen LogP contribution in [0.2, 0.25) is 0 Å². The molecule has 0 aliphatic heterocycles. The molecule has 0 aliphatic rings. The first-order valence-corrected chi connectivity index (χ1v) is 8.85. The van der Waals surface area contributed by atoms with Gasteiger partial charge in [-0.3, -0.25) is 9.67 Å². The Hall–Kier alpha value is -3.68. The van der Waals surface area contributed by atoms with Crippen molar-refractivity contribution in [3.8, 4) is 22.9 Å². The van der Waals surface area contributed by atoms with Crippen molar-refractivity contribution in [2.45, 2.75) is 6.42 Å². The highest BCUT2D eigenvalue weighted by atomic mass is 16.5. The number of aromatic nitrogens is 5. The molecule has 3 aromatic heterocycles. The van der Waals surface area contributed by atoms with Crippen LogP contribution in [-0.4, -0.2) is 43.5 Å². The fourth-order valence-electron chi connectivity index (χ4n) is 3.00. The first-order chi connectivity index (χ1) is 13.7. The maximum absolute atomic E-state index is 9.93. The number of nitrogens with zero attached hydrogens (tertiary/aromatic N) is 5. The molecule has 0 amide bonds. The van der Waals surface area contributed by atoms with E-state index in [-0.39, 0.29) is 5.75 Å². The molecular formula is C20H20N6O2. The van der Waals surface area contributed by atoms with Crippen LogP contribution in [0.3, 0.4) is 0 Å². The Kier molecular flexibility index (Phi) is 4.76. The maximum Gasteiger partial charge on any atom is 0.165 e. The summed E-state index contributed by atoms with van der Waals surface area (Å²) in [5.41, 5.74) is 2.59. The number of ether oxygens (including phenoxy) is 1. The quantitative estimate of drug-likeness (QED) is 0.534. The third kappa shape index (κ3) is 3.44. The van der Waals surface area contributed by atoms with Gasteiger partial charge < -0.3 is 15.2 Å². The zero-order chi connectivity index (χ0) is 19.5. The number of aromatic hydroxyl groups is 1. The van der Waals surface area contributed by atoms with E-state index in [9.17, 15) is 5.11 Å². The van der Waals surface area contributed by atoms with Gasteiger partial charge >= 0.3 is 0 Å². The van der Waals surface area contributed by atoms with E-state index in [1.807, 2.05) is 25.2 Å². The van der Waals surface area contributed by atoms with Crippen molar-refractivity contribution in [1.82, 2.24) is 24.7 Å². The molecule has 3 heterocycles. The highest BCUT2D eigenvalue weighted by Gasteiger charge is 2.13. The van der Waals surface area contributed by atoms with Gasteiger partial charge in [-0.05, 0) is 36.2 Å². The molecule has 2 N–H and O–H groups in total. The highest BCUT2D eigenvalue weighted by Crippen LogP contribution is 2.27. The lowest BCUT2D eigenvalue weighted by molar-refractivity contribution is 0.373. The van der Waals surface area contributed by atoms with Crippen molar-refractivity contribution in [2.75, 3.05) is 19.0 Å². The molecule has 0 fully saturated rings. The fraction of sp³-hybridized carbons (Fsp3) is 0.200. The summed E-state index contributed by atoms with van der Waals surface area (Å²) < 4.78 is 6.81. The predicted octanol–water partition coefficient (Wildman–Crippen LogP) is 2.79. The van der Waals surface area contributed by atoms with E-state index >= 15 is 0 Å². The predicted molar refractivity (Wildman–Crippen MR) is 106 cm³/mol. The molecule has 0 atom stereocenters. The van der Waals surface area contributed by atoms with E-state index in [1.54, 1.807) is 35.4 Å². The van der Waals surface area contributed by atoms with Crippen molar-refractivity contribution in [2.24, 2.45) is 7.05 Å². The summed E-state index contributed by atoms with van der Waals surface area (Å²) in [6.45, 7) is 0.638. The van der Waals surface area contributed by atoms with Crippen molar-refractivity contribution in [3.63, 3.8) is 0 Å². The molecule has 0 spiro atoms. The van der Waals surface area contributed by atoms with Crippen LogP contribution < -0.4 is 10.1 Å². The van der Waals surface area contributed by atoms with Crippen molar-refractivity contribution < 1.29 is 9.84 Å². The van der Waals surface area contributed by atoms with Crippen LogP contribution in [0, 0.1) is 0 Å². The van der Waals surface area contributed by atoms with Gasteiger partial charge in [0.2, 0.25) is 0 Å². The number of phenolic OH excluding ortho intramolecular Hbond substituents is 1. The smallest absolute Gasteiger partial charge is 0.165 e. The molecule has 8 heteroatoms. The van der Waals surface area contributed by atoms with Gasteiger partial charge in [0.25, 0.3) is 0 Å². The zero-order valence-corrected chi connectivity index (χ0v) is 15.6. The standard InChI is InChI=1S/C20H20N6O2/c1-26-20-15(12-23-26)19(24-18(25-20)14-4-3-8-21-11-14)22-9-7-13-5-6-17(28-2)16(27)10-13/h3-6,8,10-12,27H,7,9H2,1-2H3,(H,22,24,25). The average molecular weight is 376 g/mol. The summed E-state index contributed by atoms with van der Waals surface area (Å²) in [5, 5.41) is 18.5. The summed E-state index contributed by atoms with van der Waals surface area (Å²) in [7, 11) is 3.39. The second-order valence-corrected chi connectivity index (χ2v) is 6.33. The molecule has 0 saturated heterocycles. The molecule has 4 aromatic rings. The monoisotopic (exact) mass is 376 g/mol. The number of hydrogen-bond donors (Lipinski definition) is 2. The summed E-state index contributed by atoms with van der Waals surface area (Å²) in [6, 6.07) is 9.18. The number of aryl methyl sites for hydroxylation is 1. The number of benzene rings is 1.